The number of halogens is 2. The second-order valence-corrected chi connectivity index (χ2v) is 14.9. The Morgan fingerprint density at radius 2 is 1.68 bits per heavy atom. The molecule has 1 saturated heterocycles. The maximum atomic E-state index is 14.5. The molecule has 2 aromatic rings. The summed E-state index contributed by atoms with van der Waals surface area (Å²) in [6.07, 6.45) is 11.2. The van der Waals surface area contributed by atoms with E-state index < -0.39 is 39.6 Å². The minimum absolute atomic E-state index is 0.0111. The summed E-state index contributed by atoms with van der Waals surface area (Å²) in [5, 5.41) is 10.9. The summed E-state index contributed by atoms with van der Waals surface area (Å²) < 4.78 is 34.8. The number of rotatable bonds is 4. The van der Waals surface area contributed by atoms with Gasteiger partial charge >= 0.3 is 6.09 Å². The molecular formula is C37H39F2NO4. The first-order valence-electron chi connectivity index (χ1n) is 16.1. The van der Waals surface area contributed by atoms with Crippen LogP contribution in [0.15, 0.2) is 72.3 Å². The van der Waals surface area contributed by atoms with Crippen molar-refractivity contribution in [2.24, 2.45) is 33.5 Å². The van der Waals surface area contributed by atoms with Gasteiger partial charge in [-0.1, -0.05) is 62.4 Å². The molecule has 4 fully saturated rings. The molecule has 0 unspecified atom stereocenters. The Bertz CT molecular complexity index is 1640. The molecule has 1 aliphatic heterocycles. The first-order chi connectivity index (χ1) is 21.0. The molecule has 7 aliphatic rings. The number of hydrogen-bond donors (Lipinski definition) is 1. The van der Waals surface area contributed by atoms with E-state index in [9.17, 15) is 23.5 Å². The van der Waals surface area contributed by atoms with E-state index in [1.807, 2.05) is 35.2 Å². The molecule has 2 aromatic carbocycles. The number of fused-ring (bicyclic) bond motifs is 2. The molecule has 3 spiro atoms. The Labute approximate surface area is 257 Å². The van der Waals surface area contributed by atoms with Crippen LogP contribution < -0.4 is 0 Å². The first kappa shape index (κ1) is 28.2. The van der Waals surface area contributed by atoms with Crippen molar-refractivity contribution >= 4 is 11.9 Å². The summed E-state index contributed by atoms with van der Waals surface area (Å²) in [7, 11) is 0. The molecule has 2 bridgehead atoms. The van der Waals surface area contributed by atoms with Gasteiger partial charge in [-0.2, -0.15) is 0 Å². The van der Waals surface area contributed by atoms with Crippen LogP contribution in [0.3, 0.4) is 0 Å². The van der Waals surface area contributed by atoms with Crippen LogP contribution in [0.2, 0.25) is 0 Å². The van der Waals surface area contributed by atoms with E-state index >= 15 is 0 Å². The fourth-order valence-corrected chi connectivity index (χ4v) is 11.1. The molecule has 5 nitrogen and oxygen atoms in total. The molecule has 7 heteroatoms. The van der Waals surface area contributed by atoms with E-state index in [2.05, 4.69) is 32.1 Å². The lowest BCUT2D eigenvalue weighted by Crippen LogP contribution is -2.67. The van der Waals surface area contributed by atoms with E-state index in [0.717, 1.165) is 49.8 Å². The molecular weight excluding hydrogens is 560 g/mol. The van der Waals surface area contributed by atoms with Crippen LogP contribution >= 0.6 is 0 Å². The third-order valence-corrected chi connectivity index (χ3v) is 13.3. The van der Waals surface area contributed by atoms with E-state index in [4.69, 9.17) is 4.74 Å². The number of aliphatic hydroxyl groups is 1. The number of aliphatic hydroxyl groups excluding tert-OH is 1. The van der Waals surface area contributed by atoms with Crippen LogP contribution in [0.25, 0.3) is 0 Å². The fourth-order valence-electron chi connectivity index (χ4n) is 11.1. The van der Waals surface area contributed by atoms with Gasteiger partial charge in [-0.25, -0.2) is 13.6 Å². The molecule has 0 aromatic heterocycles. The molecule has 8 atom stereocenters. The highest BCUT2D eigenvalue weighted by molar-refractivity contribution is 6.10. The van der Waals surface area contributed by atoms with Crippen molar-refractivity contribution in [2.75, 3.05) is 6.54 Å². The van der Waals surface area contributed by atoms with Crippen LogP contribution in [0.5, 0.6) is 0 Å². The van der Waals surface area contributed by atoms with Gasteiger partial charge in [0.25, 0.3) is 0 Å². The zero-order chi connectivity index (χ0) is 30.7. The number of Topliss-reactive ketones (excluding diaryl/α,β-unsaturated/α-hetero) is 1. The number of carbonyl (C=O) groups excluding carboxylic acids is 2. The largest absolute Gasteiger partial charge is 0.440 e. The lowest BCUT2D eigenvalue weighted by molar-refractivity contribution is -0.164. The molecule has 1 amide bonds. The van der Waals surface area contributed by atoms with E-state index in [0.29, 0.717) is 31.5 Å². The molecule has 1 N–H and O–H groups in total. The van der Waals surface area contributed by atoms with Gasteiger partial charge < -0.3 is 9.84 Å². The minimum atomic E-state index is -1.04. The Morgan fingerprint density at radius 1 is 0.955 bits per heavy atom. The van der Waals surface area contributed by atoms with Gasteiger partial charge in [0.1, 0.15) is 5.60 Å². The summed E-state index contributed by atoms with van der Waals surface area (Å²) in [6, 6.07) is 13.4. The number of nitrogens with zero attached hydrogens (tertiary/aromatic N) is 1. The van der Waals surface area contributed by atoms with Gasteiger partial charge in [0.2, 0.25) is 0 Å². The van der Waals surface area contributed by atoms with Crippen molar-refractivity contribution in [3.05, 3.63) is 95.1 Å². The van der Waals surface area contributed by atoms with Crippen molar-refractivity contribution in [2.45, 2.75) is 77.0 Å². The lowest BCUT2D eigenvalue weighted by atomic mass is 9.32. The summed E-state index contributed by atoms with van der Waals surface area (Å²) >= 11 is 0. The van der Waals surface area contributed by atoms with Crippen molar-refractivity contribution in [3.8, 4) is 0 Å². The molecule has 9 rings (SSSR count). The second-order valence-electron chi connectivity index (χ2n) is 14.9. The van der Waals surface area contributed by atoms with E-state index in [1.165, 1.54) is 6.07 Å². The molecule has 3 saturated carbocycles. The van der Waals surface area contributed by atoms with Crippen molar-refractivity contribution < 1.29 is 28.2 Å². The maximum absolute atomic E-state index is 14.5. The second kappa shape index (κ2) is 9.12. The Hall–Kier alpha value is -3.32. The van der Waals surface area contributed by atoms with Crippen molar-refractivity contribution in [3.63, 3.8) is 0 Å². The highest BCUT2D eigenvalue weighted by atomic mass is 19.2. The number of allylic oxidation sites excluding steroid dienone is 4. The third kappa shape index (κ3) is 3.42. The first-order valence-corrected chi connectivity index (χ1v) is 16.1. The van der Waals surface area contributed by atoms with Crippen LogP contribution in [0.4, 0.5) is 13.6 Å². The van der Waals surface area contributed by atoms with Gasteiger partial charge in [-0.3, -0.25) is 9.69 Å². The molecule has 44 heavy (non-hydrogen) atoms. The standard InChI is InChI=1S/C37H39F2NO4/c1-33-13-10-25(41)19-35(33)16-17-37(26(20-35)31(42)24-8-9-27(38)28(39)18-24)29(33)11-14-34(2)30(37)12-15-36(34)22-40(32(43)44-36)21-23-6-4-3-5-7-23/h3-9,16-18,20,25,29-30,41H,10-15,19,21-22H2,1-2H3/t25-,29+,30+,33+,34-,35-,36+,37+/m0/s1. The predicted molar refractivity (Wildman–Crippen MR) is 160 cm³/mol. The topological polar surface area (TPSA) is 66.8 Å². The Morgan fingerprint density at radius 3 is 2.45 bits per heavy atom. The van der Waals surface area contributed by atoms with Gasteiger partial charge in [0, 0.05) is 33.9 Å². The normalized spacial score (nSPS) is 41.7. The molecule has 0 radical (unpaired) electrons. The van der Waals surface area contributed by atoms with Gasteiger partial charge in [0.05, 0.1) is 12.6 Å². The maximum Gasteiger partial charge on any atom is 0.410 e. The Balaban J connectivity index is 1.24. The summed E-state index contributed by atoms with van der Waals surface area (Å²) in [5.41, 5.74) is -0.541. The fraction of sp³-hybridized carbons (Fsp3) is 0.514. The third-order valence-electron chi connectivity index (χ3n) is 13.3. The number of ether oxygens (including phenoxy) is 1. The number of ketones is 1. The van der Waals surface area contributed by atoms with Crippen molar-refractivity contribution in [1.29, 1.82) is 0 Å². The van der Waals surface area contributed by atoms with Crippen LogP contribution in [-0.2, 0) is 11.3 Å². The number of carbonyl (C=O) groups is 2. The summed E-state index contributed by atoms with van der Waals surface area (Å²) in [4.78, 5) is 29.8. The van der Waals surface area contributed by atoms with Gasteiger partial charge in [-0.15, -0.1) is 0 Å². The lowest BCUT2D eigenvalue weighted by Gasteiger charge is -2.71. The Kier molecular flexibility index (Phi) is 5.84. The van der Waals surface area contributed by atoms with Gasteiger partial charge in [-0.05, 0) is 86.0 Å². The van der Waals surface area contributed by atoms with Gasteiger partial charge in [0.15, 0.2) is 17.4 Å². The number of benzene rings is 2. The van der Waals surface area contributed by atoms with Crippen LogP contribution in [0.1, 0.15) is 74.7 Å². The summed E-state index contributed by atoms with van der Waals surface area (Å²) in [5.74, 6) is -2.16. The quantitative estimate of drug-likeness (QED) is 0.294. The average Bonchev–Trinajstić information content (AvgIpc) is 3.48. The predicted octanol–water partition coefficient (Wildman–Crippen LogP) is 7.40. The number of amides is 1. The average molecular weight is 600 g/mol. The molecule has 230 valence electrons. The monoisotopic (exact) mass is 599 g/mol. The SMILES string of the molecule is C[C@]12CC[C@H]3[C@]4(C=C[C@@]5(C=C4C(=O)c4ccc(F)c(F)c4)C[C@@H](O)CC[C@]35C)[C@@H]1CC[C@@]21CN(Cc2ccccc2)C(=O)O1. The zero-order valence-electron chi connectivity index (χ0n) is 25.3. The molecule has 1 heterocycles. The molecule has 6 aliphatic carbocycles. The zero-order valence-corrected chi connectivity index (χ0v) is 25.3. The van der Waals surface area contributed by atoms with E-state index in [-0.39, 0.29) is 34.7 Å². The highest BCUT2D eigenvalue weighted by Gasteiger charge is 2.76. The summed E-state index contributed by atoms with van der Waals surface area (Å²) in [6.45, 7) is 5.58. The van der Waals surface area contributed by atoms with Crippen LogP contribution in [-0.4, -0.2) is 40.1 Å². The minimum Gasteiger partial charge on any atom is -0.440 e. The van der Waals surface area contributed by atoms with E-state index in [1.54, 1.807) is 0 Å². The highest BCUT2D eigenvalue weighted by Crippen LogP contribution is 2.79. The van der Waals surface area contributed by atoms with Crippen LogP contribution in [0, 0.1) is 45.1 Å². The van der Waals surface area contributed by atoms with Crippen molar-refractivity contribution in [1.82, 2.24) is 4.90 Å². The smallest absolute Gasteiger partial charge is 0.410 e. The number of hydrogen-bond acceptors (Lipinski definition) is 4.